The van der Waals surface area contributed by atoms with Crippen LogP contribution in [0.4, 0.5) is 0 Å². The van der Waals surface area contributed by atoms with Crippen molar-refractivity contribution >= 4 is 0 Å². The molecule has 1 fully saturated rings. The third kappa shape index (κ3) is 2.97. The fourth-order valence-corrected chi connectivity index (χ4v) is 3.42. The molecule has 0 N–H and O–H groups in total. The number of aryl methyl sites for hydroxylation is 1. The molecule has 0 aliphatic carbocycles. The highest BCUT2D eigenvalue weighted by Crippen LogP contribution is 2.32. The van der Waals surface area contributed by atoms with Gasteiger partial charge in [0, 0.05) is 36.3 Å². The maximum absolute atomic E-state index is 5.81. The highest BCUT2D eigenvalue weighted by Gasteiger charge is 2.31. The van der Waals surface area contributed by atoms with Gasteiger partial charge in [-0.3, -0.25) is 4.98 Å². The monoisotopic (exact) mass is 319 g/mol. The lowest BCUT2D eigenvalue weighted by atomic mass is 9.95. The molecule has 2 atom stereocenters. The molecular weight excluding hydrogens is 298 g/mol. The molecule has 0 bridgehead atoms. The van der Waals surface area contributed by atoms with Crippen molar-refractivity contribution in [3.8, 4) is 11.4 Å². The van der Waals surface area contributed by atoms with Crippen molar-refractivity contribution in [3.63, 3.8) is 0 Å². The number of hydrogen-bond donors (Lipinski definition) is 0. The molecule has 1 aromatic carbocycles. The summed E-state index contributed by atoms with van der Waals surface area (Å²) in [4.78, 5) is 8.70. The number of pyridine rings is 1. The van der Waals surface area contributed by atoms with Crippen molar-refractivity contribution in [1.82, 2.24) is 14.5 Å². The average Bonchev–Trinajstić information content (AvgIpc) is 3.25. The Kier molecular flexibility index (Phi) is 4.13. The lowest BCUT2D eigenvalue weighted by molar-refractivity contribution is 0.181. The van der Waals surface area contributed by atoms with Gasteiger partial charge in [-0.2, -0.15) is 0 Å². The molecule has 0 spiro atoms. The molecule has 4 rings (SSSR count). The highest BCUT2D eigenvalue weighted by molar-refractivity contribution is 5.56. The van der Waals surface area contributed by atoms with Crippen LogP contribution in [-0.2, 0) is 11.2 Å². The molecule has 4 nitrogen and oxygen atoms in total. The van der Waals surface area contributed by atoms with E-state index in [4.69, 9.17) is 4.74 Å². The Morgan fingerprint density at radius 2 is 1.83 bits per heavy atom. The normalized spacial score (nSPS) is 20.4. The number of imidazole rings is 1. The van der Waals surface area contributed by atoms with Gasteiger partial charge in [0.15, 0.2) is 0 Å². The lowest BCUT2D eigenvalue weighted by Gasteiger charge is -2.21. The zero-order chi connectivity index (χ0) is 16.4. The maximum Gasteiger partial charge on any atom is 0.140 e. The van der Waals surface area contributed by atoms with E-state index in [-0.39, 0.29) is 0 Å². The number of ether oxygens (including phenoxy) is 1. The number of benzene rings is 1. The molecule has 3 heterocycles. The van der Waals surface area contributed by atoms with Gasteiger partial charge in [0.25, 0.3) is 0 Å². The van der Waals surface area contributed by atoms with E-state index in [1.807, 2.05) is 18.6 Å². The van der Waals surface area contributed by atoms with Crippen LogP contribution in [0.3, 0.4) is 0 Å². The molecule has 0 unspecified atom stereocenters. The summed E-state index contributed by atoms with van der Waals surface area (Å²) in [5, 5.41) is 0. The van der Waals surface area contributed by atoms with Crippen LogP contribution < -0.4 is 0 Å². The summed E-state index contributed by atoms with van der Waals surface area (Å²) in [7, 11) is 0. The van der Waals surface area contributed by atoms with Crippen molar-refractivity contribution in [2.75, 3.05) is 13.2 Å². The van der Waals surface area contributed by atoms with Crippen LogP contribution in [0.5, 0.6) is 0 Å². The Labute approximate surface area is 142 Å². The van der Waals surface area contributed by atoms with E-state index in [1.165, 1.54) is 11.1 Å². The molecule has 1 aliphatic rings. The molecule has 1 saturated heterocycles. The Hall–Kier alpha value is -2.46. The van der Waals surface area contributed by atoms with E-state index in [0.29, 0.717) is 12.0 Å². The van der Waals surface area contributed by atoms with Crippen LogP contribution in [0.1, 0.15) is 17.2 Å². The Morgan fingerprint density at radius 1 is 1.04 bits per heavy atom. The largest absolute Gasteiger partial charge is 0.379 e. The predicted molar refractivity (Wildman–Crippen MR) is 93.7 cm³/mol. The molecule has 1 aliphatic heterocycles. The predicted octanol–water partition coefficient (Wildman–Crippen LogP) is 3.68. The summed E-state index contributed by atoms with van der Waals surface area (Å²) in [5.41, 5.74) is 3.72. The van der Waals surface area contributed by atoms with Gasteiger partial charge in [-0.1, -0.05) is 29.8 Å². The first-order valence-electron chi connectivity index (χ1n) is 8.38. The number of nitrogens with zero attached hydrogens (tertiary/aromatic N) is 3. The van der Waals surface area contributed by atoms with Gasteiger partial charge in [-0.05, 0) is 31.0 Å². The van der Waals surface area contributed by atoms with E-state index >= 15 is 0 Å². The quantitative estimate of drug-likeness (QED) is 0.736. The Bertz CT molecular complexity index is 795. The summed E-state index contributed by atoms with van der Waals surface area (Å²) in [6, 6.07) is 13.0. The first-order valence-corrected chi connectivity index (χ1v) is 8.38. The van der Waals surface area contributed by atoms with Gasteiger partial charge in [0.05, 0.1) is 19.3 Å². The third-order valence-electron chi connectivity index (χ3n) is 4.75. The Balaban J connectivity index is 1.61. The average molecular weight is 319 g/mol. The number of aromatic nitrogens is 3. The molecule has 2 aromatic heterocycles. The van der Waals surface area contributed by atoms with Crippen molar-refractivity contribution in [2.45, 2.75) is 19.4 Å². The van der Waals surface area contributed by atoms with Crippen LogP contribution >= 0.6 is 0 Å². The first kappa shape index (κ1) is 15.1. The number of hydrogen-bond acceptors (Lipinski definition) is 3. The standard InChI is InChI=1S/C20H21N3O/c1-15-2-4-17(5-3-15)20-22-10-11-23(20)19-14-24-13-18(19)12-16-6-8-21-9-7-16/h2-11,18-19H,12-14H2,1H3/t18-,19+/m0/s1. The van der Waals surface area contributed by atoms with Crippen molar-refractivity contribution in [2.24, 2.45) is 5.92 Å². The zero-order valence-corrected chi connectivity index (χ0v) is 13.8. The second-order valence-corrected chi connectivity index (χ2v) is 6.45. The Morgan fingerprint density at radius 3 is 2.62 bits per heavy atom. The fraction of sp³-hybridized carbons (Fsp3) is 0.300. The molecule has 0 saturated carbocycles. The summed E-state index contributed by atoms with van der Waals surface area (Å²) < 4.78 is 8.09. The molecule has 0 radical (unpaired) electrons. The zero-order valence-electron chi connectivity index (χ0n) is 13.8. The minimum Gasteiger partial charge on any atom is -0.379 e. The van der Waals surface area contributed by atoms with E-state index in [9.17, 15) is 0 Å². The molecule has 3 aromatic rings. The van der Waals surface area contributed by atoms with Gasteiger partial charge < -0.3 is 9.30 Å². The summed E-state index contributed by atoms with van der Waals surface area (Å²) in [6.07, 6.45) is 8.67. The van der Waals surface area contributed by atoms with Gasteiger partial charge >= 0.3 is 0 Å². The van der Waals surface area contributed by atoms with Crippen molar-refractivity contribution < 1.29 is 4.74 Å². The van der Waals surface area contributed by atoms with E-state index < -0.39 is 0 Å². The highest BCUT2D eigenvalue weighted by atomic mass is 16.5. The van der Waals surface area contributed by atoms with Crippen molar-refractivity contribution in [3.05, 3.63) is 72.3 Å². The van der Waals surface area contributed by atoms with Crippen molar-refractivity contribution in [1.29, 1.82) is 0 Å². The van der Waals surface area contributed by atoms with E-state index in [1.54, 1.807) is 0 Å². The van der Waals surface area contributed by atoms with Gasteiger partial charge in [-0.15, -0.1) is 0 Å². The summed E-state index contributed by atoms with van der Waals surface area (Å²) in [6.45, 7) is 3.63. The van der Waals surface area contributed by atoms with E-state index in [0.717, 1.165) is 31.0 Å². The van der Waals surface area contributed by atoms with Gasteiger partial charge in [0.2, 0.25) is 0 Å². The van der Waals surface area contributed by atoms with Crippen LogP contribution in [0, 0.1) is 12.8 Å². The first-order chi connectivity index (χ1) is 11.8. The SMILES string of the molecule is Cc1ccc(-c2nccn2[C@@H]2COC[C@@H]2Cc2ccncc2)cc1. The van der Waals surface area contributed by atoms with Crippen LogP contribution in [-0.4, -0.2) is 27.7 Å². The third-order valence-corrected chi connectivity index (χ3v) is 4.75. The maximum atomic E-state index is 5.81. The summed E-state index contributed by atoms with van der Waals surface area (Å²) in [5.74, 6) is 1.47. The molecule has 24 heavy (non-hydrogen) atoms. The van der Waals surface area contributed by atoms with Crippen LogP contribution in [0.25, 0.3) is 11.4 Å². The van der Waals surface area contributed by atoms with Gasteiger partial charge in [0.1, 0.15) is 5.82 Å². The second-order valence-electron chi connectivity index (χ2n) is 6.45. The van der Waals surface area contributed by atoms with Crippen LogP contribution in [0.2, 0.25) is 0 Å². The minimum atomic E-state index is 0.317. The molecule has 122 valence electrons. The smallest absolute Gasteiger partial charge is 0.140 e. The summed E-state index contributed by atoms with van der Waals surface area (Å²) >= 11 is 0. The topological polar surface area (TPSA) is 39.9 Å². The number of rotatable bonds is 4. The second kappa shape index (κ2) is 6.57. The van der Waals surface area contributed by atoms with Gasteiger partial charge in [-0.25, -0.2) is 4.98 Å². The van der Waals surface area contributed by atoms with E-state index in [2.05, 4.69) is 64.1 Å². The minimum absolute atomic E-state index is 0.317. The molecule has 0 amide bonds. The molecule has 4 heteroatoms. The fourth-order valence-electron chi connectivity index (χ4n) is 3.42. The molecular formula is C20H21N3O. The van der Waals surface area contributed by atoms with Crippen LogP contribution in [0.15, 0.2) is 61.2 Å². The lowest BCUT2D eigenvalue weighted by Crippen LogP contribution is -2.20.